The molecule has 2 aromatic rings. The van der Waals surface area contributed by atoms with Gasteiger partial charge in [0.15, 0.2) is 0 Å². The highest BCUT2D eigenvalue weighted by Gasteiger charge is 2.45. The van der Waals surface area contributed by atoms with Crippen molar-refractivity contribution < 1.29 is 14.3 Å². The van der Waals surface area contributed by atoms with Crippen LogP contribution in [0.3, 0.4) is 0 Å². The van der Waals surface area contributed by atoms with Crippen LogP contribution < -0.4 is 0 Å². The molecule has 100 valence electrons. The number of halogens is 1. The average molecular weight is 279 g/mol. The van der Waals surface area contributed by atoms with Crippen LogP contribution in [0.5, 0.6) is 0 Å². The highest BCUT2D eigenvalue weighted by molar-refractivity contribution is 6.31. The molecular weight excluding hydrogens is 264 g/mol. The predicted molar refractivity (Wildman–Crippen MR) is 72.2 cm³/mol. The molecule has 3 nitrogen and oxygen atoms in total. The van der Waals surface area contributed by atoms with Crippen LogP contribution in [-0.2, 0) is 4.74 Å². The molecule has 4 heteroatoms. The summed E-state index contributed by atoms with van der Waals surface area (Å²) in [7, 11) is 0. The van der Waals surface area contributed by atoms with Gasteiger partial charge in [0.25, 0.3) is 0 Å². The van der Waals surface area contributed by atoms with E-state index in [4.69, 9.17) is 20.8 Å². The molecule has 0 aliphatic carbocycles. The van der Waals surface area contributed by atoms with Crippen molar-refractivity contribution in [3.05, 3.63) is 35.0 Å². The molecule has 2 bridgehead atoms. The third kappa shape index (κ3) is 1.88. The van der Waals surface area contributed by atoms with Gasteiger partial charge in [0, 0.05) is 16.3 Å². The van der Waals surface area contributed by atoms with Crippen LogP contribution in [0.25, 0.3) is 11.0 Å². The van der Waals surface area contributed by atoms with Crippen LogP contribution in [0, 0.1) is 5.92 Å². The molecule has 2 saturated heterocycles. The van der Waals surface area contributed by atoms with Gasteiger partial charge >= 0.3 is 0 Å². The second-order valence-electron chi connectivity index (χ2n) is 5.55. The van der Waals surface area contributed by atoms with Gasteiger partial charge < -0.3 is 14.3 Å². The Morgan fingerprint density at radius 1 is 1.26 bits per heavy atom. The Bertz CT molecular complexity index is 621. The SMILES string of the molecule is OC(c1cc2cc(Cl)ccc2o1)C1CC2CCC1O2. The number of aliphatic hydroxyl groups excluding tert-OH is 1. The number of ether oxygens (including phenoxy) is 1. The van der Waals surface area contributed by atoms with E-state index in [1.165, 1.54) is 0 Å². The topological polar surface area (TPSA) is 42.6 Å². The van der Waals surface area contributed by atoms with Crippen molar-refractivity contribution in [2.45, 2.75) is 37.6 Å². The summed E-state index contributed by atoms with van der Waals surface area (Å²) in [6, 6.07) is 7.38. The molecule has 1 aromatic heterocycles. The van der Waals surface area contributed by atoms with Crippen LogP contribution in [0.2, 0.25) is 5.02 Å². The maximum absolute atomic E-state index is 10.5. The van der Waals surface area contributed by atoms with Crippen molar-refractivity contribution in [1.82, 2.24) is 0 Å². The zero-order chi connectivity index (χ0) is 13.0. The van der Waals surface area contributed by atoms with Crippen molar-refractivity contribution in [2.75, 3.05) is 0 Å². The van der Waals surface area contributed by atoms with Gasteiger partial charge in [-0.25, -0.2) is 0 Å². The molecule has 0 spiro atoms. The van der Waals surface area contributed by atoms with E-state index >= 15 is 0 Å². The summed E-state index contributed by atoms with van der Waals surface area (Å²) >= 11 is 5.96. The summed E-state index contributed by atoms with van der Waals surface area (Å²) in [6.45, 7) is 0. The van der Waals surface area contributed by atoms with Gasteiger partial charge in [-0.3, -0.25) is 0 Å². The molecule has 0 radical (unpaired) electrons. The van der Waals surface area contributed by atoms with Gasteiger partial charge in [-0.2, -0.15) is 0 Å². The van der Waals surface area contributed by atoms with Crippen LogP contribution >= 0.6 is 11.6 Å². The summed E-state index contributed by atoms with van der Waals surface area (Å²) < 4.78 is 11.5. The molecule has 4 rings (SSSR count). The van der Waals surface area contributed by atoms with Gasteiger partial charge in [-0.05, 0) is 43.5 Å². The second kappa shape index (κ2) is 4.23. The Kier molecular flexibility index (Phi) is 2.62. The monoisotopic (exact) mass is 278 g/mol. The molecular formula is C15H15ClO3. The Morgan fingerprint density at radius 3 is 2.89 bits per heavy atom. The standard InChI is InChI=1S/C15H15ClO3/c16-9-1-3-12-8(5-9)6-14(19-12)15(17)11-7-10-2-4-13(11)18-10/h1,3,5-6,10-11,13,15,17H,2,4,7H2. The zero-order valence-electron chi connectivity index (χ0n) is 10.4. The van der Waals surface area contributed by atoms with Gasteiger partial charge in [-0.15, -0.1) is 0 Å². The molecule has 1 aromatic carbocycles. The molecule has 1 N–H and O–H groups in total. The maximum Gasteiger partial charge on any atom is 0.134 e. The Hall–Kier alpha value is -1.03. The van der Waals surface area contributed by atoms with E-state index in [-0.39, 0.29) is 12.0 Å². The first-order valence-corrected chi connectivity index (χ1v) is 7.11. The third-order valence-corrected chi connectivity index (χ3v) is 4.58. The molecule has 0 amide bonds. The first-order chi connectivity index (χ1) is 9.20. The molecule has 4 atom stereocenters. The number of fused-ring (bicyclic) bond motifs is 3. The fraction of sp³-hybridized carbons (Fsp3) is 0.467. The van der Waals surface area contributed by atoms with E-state index in [2.05, 4.69) is 0 Å². The van der Waals surface area contributed by atoms with Gasteiger partial charge in [0.05, 0.1) is 12.2 Å². The van der Waals surface area contributed by atoms with E-state index in [1.54, 1.807) is 6.07 Å². The summed E-state index contributed by atoms with van der Waals surface area (Å²) in [5.74, 6) is 0.785. The van der Waals surface area contributed by atoms with Crippen LogP contribution in [0.15, 0.2) is 28.7 Å². The lowest BCUT2D eigenvalue weighted by Gasteiger charge is -2.22. The summed E-state index contributed by atoms with van der Waals surface area (Å²) in [5, 5.41) is 12.1. The number of rotatable bonds is 2. The minimum atomic E-state index is -0.582. The Balaban J connectivity index is 1.66. The summed E-state index contributed by atoms with van der Waals surface area (Å²) in [4.78, 5) is 0. The zero-order valence-corrected chi connectivity index (χ0v) is 11.1. The number of hydrogen-bond donors (Lipinski definition) is 1. The first kappa shape index (κ1) is 11.8. The average Bonchev–Trinajstić information content (AvgIpc) is 3.11. The minimum Gasteiger partial charge on any atom is -0.458 e. The molecule has 4 unspecified atom stereocenters. The fourth-order valence-electron chi connectivity index (χ4n) is 3.40. The maximum atomic E-state index is 10.5. The van der Waals surface area contributed by atoms with E-state index in [0.29, 0.717) is 16.9 Å². The normalized spacial score (nSPS) is 31.2. The Morgan fingerprint density at radius 2 is 2.16 bits per heavy atom. The van der Waals surface area contributed by atoms with Gasteiger partial charge in [0.2, 0.25) is 0 Å². The van der Waals surface area contributed by atoms with Crippen LogP contribution in [0.4, 0.5) is 0 Å². The molecule has 0 saturated carbocycles. The number of hydrogen-bond acceptors (Lipinski definition) is 3. The lowest BCUT2D eigenvalue weighted by atomic mass is 9.84. The van der Waals surface area contributed by atoms with Crippen LogP contribution in [0.1, 0.15) is 31.1 Å². The lowest BCUT2D eigenvalue weighted by molar-refractivity contribution is 0.0323. The molecule has 19 heavy (non-hydrogen) atoms. The van der Waals surface area contributed by atoms with Crippen molar-refractivity contribution in [3.8, 4) is 0 Å². The fourth-order valence-corrected chi connectivity index (χ4v) is 3.58. The van der Waals surface area contributed by atoms with Crippen LogP contribution in [-0.4, -0.2) is 17.3 Å². The molecule has 2 aliphatic rings. The highest BCUT2D eigenvalue weighted by atomic mass is 35.5. The lowest BCUT2D eigenvalue weighted by Crippen LogP contribution is -2.23. The summed E-state index contributed by atoms with van der Waals surface area (Å²) in [6.07, 6.45) is 3.06. The third-order valence-electron chi connectivity index (χ3n) is 4.35. The van der Waals surface area contributed by atoms with E-state index in [1.807, 2.05) is 18.2 Å². The molecule has 2 fully saturated rings. The second-order valence-corrected chi connectivity index (χ2v) is 5.99. The van der Waals surface area contributed by atoms with Crippen molar-refractivity contribution >= 4 is 22.6 Å². The minimum absolute atomic E-state index is 0.162. The molecule has 3 heterocycles. The number of furan rings is 1. The van der Waals surface area contributed by atoms with Gasteiger partial charge in [-0.1, -0.05) is 11.6 Å². The van der Waals surface area contributed by atoms with Crippen molar-refractivity contribution in [2.24, 2.45) is 5.92 Å². The smallest absolute Gasteiger partial charge is 0.134 e. The first-order valence-electron chi connectivity index (χ1n) is 6.73. The summed E-state index contributed by atoms with van der Waals surface area (Å²) in [5.41, 5.74) is 0.766. The quantitative estimate of drug-likeness (QED) is 0.911. The van der Waals surface area contributed by atoms with E-state index in [0.717, 1.165) is 30.2 Å². The number of benzene rings is 1. The highest BCUT2D eigenvalue weighted by Crippen LogP contribution is 2.45. The van der Waals surface area contributed by atoms with E-state index in [9.17, 15) is 5.11 Å². The molecule has 2 aliphatic heterocycles. The number of aliphatic hydroxyl groups is 1. The van der Waals surface area contributed by atoms with E-state index < -0.39 is 6.10 Å². The Labute approximate surface area is 116 Å². The van der Waals surface area contributed by atoms with Gasteiger partial charge in [0.1, 0.15) is 17.4 Å². The van der Waals surface area contributed by atoms with Crippen molar-refractivity contribution in [1.29, 1.82) is 0 Å². The van der Waals surface area contributed by atoms with Crippen molar-refractivity contribution in [3.63, 3.8) is 0 Å². The predicted octanol–water partition coefficient (Wildman–Crippen LogP) is 3.69. The largest absolute Gasteiger partial charge is 0.458 e.